The number of aromatic nitrogens is 2. The van der Waals surface area contributed by atoms with Gasteiger partial charge in [-0.2, -0.15) is 0 Å². The fourth-order valence-corrected chi connectivity index (χ4v) is 4.16. The highest BCUT2D eigenvalue weighted by molar-refractivity contribution is 5.96. The molecular formula is C25H32N4O3. The minimum absolute atomic E-state index is 0.108. The Labute approximate surface area is 189 Å². The Hall–Kier alpha value is -2.96. The van der Waals surface area contributed by atoms with Gasteiger partial charge in [0.2, 0.25) is 0 Å². The van der Waals surface area contributed by atoms with Crippen molar-refractivity contribution in [2.24, 2.45) is 0 Å². The molecule has 1 unspecified atom stereocenters. The van der Waals surface area contributed by atoms with E-state index in [-0.39, 0.29) is 23.9 Å². The molecule has 2 amide bonds. The largest absolute Gasteiger partial charge is 0.478 e. The molecule has 1 atom stereocenters. The first-order valence-corrected chi connectivity index (χ1v) is 11.4. The number of benzene rings is 1. The lowest BCUT2D eigenvalue weighted by Crippen LogP contribution is -2.49. The zero-order chi connectivity index (χ0) is 23.0. The minimum atomic E-state index is -1.05. The number of carbonyl (C=O) groups excluding carboxylic acids is 2. The second kappa shape index (κ2) is 8.52. The molecule has 2 aliphatic rings. The van der Waals surface area contributed by atoms with Crippen LogP contribution in [0.3, 0.4) is 0 Å². The average molecular weight is 437 g/mol. The Bertz CT molecular complexity index is 1050. The lowest BCUT2D eigenvalue weighted by molar-refractivity contribution is -0.146. The van der Waals surface area contributed by atoms with E-state index in [2.05, 4.69) is 15.3 Å². The van der Waals surface area contributed by atoms with Crippen LogP contribution in [0.5, 0.6) is 5.75 Å². The molecule has 1 aliphatic carbocycles. The zero-order valence-corrected chi connectivity index (χ0v) is 19.6. The first-order chi connectivity index (χ1) is 15.2. The van der Waals surface area contributed by atoms with Gasteiger partial charge < -0.3 is 15.0 Å². The molecule has 2 heterocycles. The quantitative estimate of drug-likeness (QED) is 0.744. The molecule has 0 bridgehead atoms. The van der Waals surface area contributed by atoms with Crippen molar-refractivity contribution in [1.29, 1.82) is 0 Å². The number of aryl methyl sites for hydroxylation is 3. The summed E-state index contributed by atoms with van der Waals surface area (Å²) in [6.07, 6.45) is 5.21. The smallest absolute Gasteiger partial charge is 0.266 e. The zero-order valence-electron chi connectivity index (χ0n) is 19.6. The van der Waals surface area contributed by atoms with Gasteiger partial charge in [-0.25, -0.2) is 9.97 Å². The molecule has 1 aromatic carbocycles. The summed E-state index contributed by atoms with van der Waals surface area (Å²) in [5.41, 5.74) is 2.33. The number of nitrogens with zero attached hydrogens (tertiary/aromatic N) is 3. The van der Waals surface area contributed by atoms with Crippen molar-refractivity contribution in [2.75, 3.05) is 6.54 Å². The van der Waals surface area contributed by atoms with Crippen LogP contribution in [0.2, 0.25) is 0 Å². The van der Waals surface area contributed by atoms with Crippen LogP contribution in [0.25, 0.3) is 0 Å². The Morgan fingerprint density at radius 1 is 1.12 bits per heavy atom. The van der Waals surface area contributed by atoms with Crippen LogP contribution < -0.4 is 10.1 Å². The molecule has 7 nitrogen and oxygen atoms in total. The van der Waals surface area contributed by atoms with Gasteiger partial charge in [0.25, 0.3) is 11.8 Å². The Kier molecular flexibility index (Phi) is 5.93. The number of hydrogen-bond acceptors (Lipinski definition) is 5. The highest BCUT2D eigenvalue weighted by atomic mass is 16.5. The first-order valence-electron chi connectivity index (χ1n) is 11.4. The van der Waals surface area contributed by atoms with Gasteiger partial charge >= 0.3 is 0 Å². The van der Waals surface area contributed by atoms with Crippen molar-refractivity contribution in [3.05, 3.63) is 52.6 Å². The van der Waals surface area contributed by atoms with Crippen LogP contribution in [0.1, 0.15) is 78.6 Å². The second-order valence-corrected chi connectivity index (χ2v) is 9.48. The second-order valence-electron chi connectivity index (χ2n) is 9.48. The SMILES string of the molecule is Cc1ncc(C(=O)NC2CC2)c(C2CCCN2C(=O)C(C)(C)Oc2ccc(C)c(C)c2)n1. The molecule has 1 saturated heterocycles. The van der Waals surface area contributed by atoms with Crippen molar-refractivity contribution >= 4 is 11.8 Å². The third-order valence-corrected chi connectivity index (χ3v) is 6.29. The molecule has 1 saturated carbocycles. The van der Waals surface area contributed by atoms with Gasteiger partial charge in [-0.15, -0.1) is 0 Å². The van der Waals surface area contributed by atoms with E-state index in [0.29, 0.717) is 29.4 Å². The van der Waals surface area contributed by atoms with Crippen molar-refractivity contribution in [2.45, 2.75) is 78.0 Å². The summed E-state index contributed by atoms with van der Waals surface area (Å²) in [4.78, 5) is 37.1. The van der Waals surface area contributed by atoms with Gasteiger partial charge in [0.15, 0.2) is 5.60 Å². The number of ether oxygens (including phenoxy) is 1. The maximum Gasteiger partial charge on any atom is 0.266 e. The highest BCUT2D eigenvalue weighted by Gasteiger charge is 2.42. The molecule has 7 heteroatoms. The van der Waals surface area contributed by atoms with E-state index in [1.165, 1.54) is 5.56 Å². The molecule has 2 fully saturated rings. The number of nitrogens with one attached hydrogen (secondary N) is 1. The normalized spacial score (nSPS) is 18.5. The summed E-state index contributed by atoms with van der Waals surface area (Å²) in [7, 11) is 0. The third-order valence-electron chi connectivity index (χ3n) is 6.29. The van der Waals surface area contributed by atoms with Crippen LogP contribution in [0, 0.1) is 20.8 Å². The molecule has 170 valence electrons. The number of hydrogen-bond donors (Lipinski definition) is 1. The molecule has 0 spiro atoms. The summed E-state index contributed by atoms with van der Waals surface area (Å²) in [6.45, 7) is 10.1. The van der Waals surface area contributed by atoms with E-state index in [1.54, 1.807) is 27.0 Å². The van der Waals surface area contributed by atoms with E-state index in [4.69, 9.17) is 4.74 Å². The van der Waals surface area contributed by atoms with E-state index in [9.17, 15) is 9.59 Å². The standard InChI is InChI=1S/C25H32N4O3/c1-15-8-11-19(13-16(15)2)32-25(4,5)24(31)29-12-6-7-21(29)22-20(14-26-17(3)27-22)23(30)28-18-9-10-18/h8,11,13-14,18,21H,6-7,9-10,12H2,1-5H3,(H,28,30). The van der Waals surface area contributed by atoms with Gasteiger partial charge in [0.05, 0.1) is 17.3 Å². The van der Waals surface area contributed by atoms with Crippen molar-refractivity contribution in [3.8, 4) is 5.75 Å². The first kappa shape index (κ1) is 22.2. The lowest BCUT2D eigenvalue weighted by atomic mass is 10.0. The molecule has 1 aromatic heterocycles. The summed E-state index contributed by atoms with van der Waals surface area (Å²) in [5.74, 6) is 0.993. The van der Waals surface area contributed by atoms with Crippen LogP contribution in [0.15, 0.2) is 24.4 Å². The van der Waals surface area contributed by atoms with Crippen molar-refractivity contribution in [1.82, 2.24) is 20.2 Å². The maximum atomic E-state index is 13.6. The summed E-state index contributed by atoms with van der Waals surface area (Å²) < 4.78 is 6.16. The maximum absolute atomic E-state index is 13.6. The topological polar surface area (TPSA) is 84.4 Å². The summed E-state index contributed by atoms with van der Waals surface area (Å²) >= 11 is 0. The molecular weight excluding hydrogens is 404 g/mol. The number of carbonyl (C=O) groups is 2. The molecule has 1 N–H and O–H groups in total. The highest BCUT2D eigenvalue weighted by Crippen LogP contribution is 2.35. The van der Waals surface area contributed by atoms with Crippen LogP contribution in [-0.4, -0.2) is 44.9 Å². The Morgan fingerprint density at radius 3 is 2.56 bits per heavy atom. The van der Waals surface area contributed by atoms with Crippen molar-refractivity contribution in [3.63, 3.8) is 0 Å². The summed E-state index contributed by atoms with van der Waals surface area (Å²) in [6, 6.07) is 5.82. The Balaban J connectivity index is 1.59. The lowest BCUT2D eigenvalue weighted by Gasteiger charge is -2.34. The number of amides is 2. The van der Waals surface area contributed by atoms with Crippen molar-refractivity contribution < 1.29 is 14.3 Å². The average Bonchev–Trinajstić information content (AvgIpc) is 3.41. The molecule has 4 rings (SSSR count). The predicted octanol–water partition coefficient (Wildman–Crippen LogP) is 3.82. The van der Waals surface area contributed by atoms with Gasteiger partial charge in [0.1, 0.15) is 11.6 Å². The van der Waals surface area contributed by atoms with Gasteiger partial charge in [-0.3, -0.25) is 9.59 Å². The Morgan fingerprint density at radius 2 is 1.88 bits per heavy atom. The van der Waals surface area contributed by atoms with Crippen LogP contribution in [-0.2, 0) is 4.79 Å². The van der Waals surface area contributed by atoms with E-state index in [1.807, 2.05) is 36.9 Å². The fraction of sp³-hybridized carbons (Fsp3) is 0.520. The number of likely N-dealkylation sites (tertiary alicyclic amines) is 1. The monoisotopic (exact) mass is 436 g/mol. The molecule has 0 radical (unpaired) electrons. The third kappa shape index (κ3) is 4.61. The fourth-order valence-electron chi connectivity index (χ4n) is 4.16. The molecule has 1 aliphatic heterocycles. The minimum Gasteiger partial charge on any atom is -0.478 e. The number of rotatable bonds is 6. The summed E-state index contributed by atoms with van der Waals surface area (Å²) in [5, 5.41) is 3.02. The molecule has 2 aromatic rings. The van der Waals surface area contributed by atoms with Gasteiger partial charge in [0, 0.05) is 18.8 Å². The van der Waals surface area contributed by atoms with Crippen LogP contribution >= 0.6 is 0 Å². The van der Waals surface area contributed by atoms with E-state index >= 15 is 0 Å². The predicted molar refractivity (Wildman–Crippen MR) is 122 cm³/mol. The van der Waals surface area contributed by atoms with Gasteiger partial charge in [-0.1, -0.05) is 6.07 Å². The molecule has 32 heavy (non-hydrogen) atoms. The van der Waals surface area contributed by atoms with Crippen LogP contribution in [0.4, 0.5) is 0 Å². The van der Waals surface area contributed by atoms with Gasteiger partial charge in [-0.05, 0) is 83.6 Å². The van der Waals surface area contributed by atoms with E-state index < -0.39 is 5.60 Å². The van der Waals surface area contributed by atoms with E-state index in [0.717, 1.165) is 31.2 Å².